The second kappa shape index (κ2) is 8.16. The van der Waals surface area contributed by atoms with Crippen LogP contribution in [0.4, 0.5) is 0 Å². The van der Waals surface area contributed by atoms with E-state index in [9.17, 15) is 0 Å². The van der Waals surface area contributed by atoms with Crippen LogP contribution < -0.4 is 5.32 Å². The summed E-state index contributed by atoms with van der Waals surface area (Å²) >= 11 is 0. The van der Waals surface area contributed by atoms with Crippen LogP contribution in [0, 0.1) is 11.3 Å². The van der Waals surface area contributed by atoms with Gasteiger partial charge in [-0.2, -0.15) is 0 Å². The maximum atomic E-state index is 6.24. The van der Waals surface area contributed by atoms with Crippen LogP contribution in [0.5, 0.6) is 0 Å². The van der Waals surface area contributed by atoms with Crippen molar-refractivity contribution in [2.75, 3.05) is 19.7 Å². The van der Waals surface area contributed by atoms with E-state index in [1.807, 2.05) is 0 Å². The SMILES string of the molecule is CCCNCC(C)(C)COC1CCCCC1CC. The molecule has 0 saturated heterocycles. The normalized spacial score (nSPS) is 25.3. The van der Waals surface area contributed by atoms with Crippen LogP contribution in [0.1, 0.15) is 66.2 Å². The molecule has 18 heavy (non-hydrogen) atoms. The number of hydrogen-bond donors (Lipinski definition) is 1. The highest BCUT2D eigenvalue weighted by molar-refractivity contribution is 4.77. The molecule has 1 N–H and O–H groups in total. The molecular weight excluding hydrogens is 222 g/mol. The zero-order chi connectivity index (χ0) is 13.4. The van der Waals surface area contributed by atoms with Gasteiger partial charge in [-0.05, 0) is 31.7 Å². The van der Waals surface area contributed by atoms with Crippen molar-refractivity contribution >= 4 is 0 Å². The quantitative estimate of drug-likeness (QED) is 0.662. The standard InChI is InChI=1S/C16H33NO/c1-5-11-17-12-16(3,4)13-18-15-10-8-7-9-14(15)6-2/h14-15,17H,5-13H2,1-4H3. The van der Waals surface area contributed by atoms with Gasteiger partial charge in [-0.3, -0.25) is 0 Å². The van der Waals surface area contributed by atoms with Crippen molar-refractivity contribution in [3.05, 3.63) is 0 Å². The lowest BCUT2D eigenvalue weighted by molar-refractivity contribution is -0.0452. The molecule has 0 bridgehead atoms. The monoisotopic (exact) mass is 255 g/mol. The van der Waals surface area contributed by atoms with E-state index in [0.717, 1.165) is 25.6 Å². The fraction of sp³-hybridized carbons (Fsp3) is 1.00. The third-order valence-corrected chi connectivity index (χ3v) is 4.08. The number of rotatable bonds is 8. The minimum atomic E-state index is 0.255. The van der Waals surface area contributed by atoms with Gasteiger partial charge < -0.3 is 10.1 Å². The molecule has 0 aromatic carbocycles. The van der Waals surface area contributed by atoms with E-state index in [1.54, 1.807) is 0 Å². The van der Waals surface area contributed by atoms with Crippen molar-refractivity contribution in [3.63, 3.8) is 0 Å². The molecule has 1 fully saturated rings. The molecule has 1 rings (SSSR count). The maximum Gasteiger partial charge on any atom is 0.0603 e. The molecule has 0 aromatic heterocycles. The summed E-state index contributed by atoms with van der Waals surface area (Å²) < 4.78 is 6.24. The summed E-state index contributed by atoms with van der Waals surface area (Å²) in [7, 11) is 0. The van der Waals surface area contributed by atoms with Crippen molar-refractivity contribution < 1.29 is 4.74 Å². The molecule has 1 saturated carbocycles. The van der Waals surface area contributed by atoms with Crippen LogP contribution in [0.2, 0.25) is 0 Å². The van der Waals surface area contributed by atoms with E-state index < -0.39 is 0 Å². The predicted octanol–water partition coefficient (Wildman–Crippen LogP) is 4.00. The summed E-state index contributed by atoms with van der Waals surface area (Å²) in [5, 5.41) is 3.51. The van der Waals surface area contributed by atoms with Crippen LogP contribution in [0.25, 0.3) is 0 Å². The zero-order valence-corrected chi connectivity index (χ0v) is 12.9. The molecule has 1 aliphatic carbocycles. The highest BCUT2D eigenvalue weighted by Crippen LogP contribution is 2.30. The first-order valence-corrected chi connectivity index (χ1v) is 7.91. The molecule has 1 aliphatic rings. The molecule has 0 spiro atoms. The van der Waals surface area contributed by atoms with Crippen LogP contribution in [0.15, 0.2) is 0 Å². The van der Waals surface area contributed by atoms with E-state index in [4.69, 9.17) is 4.74 Å². The fourth-order valence-corrected chi connectivity index (χ4v) is 2.85. The van der Waals surface area contributed by atoms with Gasteiger partial charge in [0.25, 0.3) is 0 Å². The van der Waals surface area contributed by atoms with Crippen LogP contribution in [-0.2, 0) is 4.74 Å². The first kappa shape index (κ1) is 16.0. The van der Waals surface area contributed by atoms with Gasteiger partial charge in [0, 0.05) is 12.0 Å². The van der Waals surface area contributed by atoms with Crippen molar-refractivity contribution in [2.45, 2.75) is 72.3 Å². The second-order valence-corrected chi connectivity index (χ2v) is 6.64. The average Bonchev–Trinajstić information content (AvgIpc) is 2.37. The van der Waals surface area contributed by atoms with Gasteiger partial charge in [-0.25, -0.2) is 0 Å². The molecule has 2 atom stereocenters. The topological polar surface area (TPSA) is 21.3 Å². The van der Waals surface area contributed by atoms with E-state index >= 15 is 0 Å². The summed E-state index contributed by atoms with van der Waals surface area (Å²) in [5.41, 5.74) is 0.255. The Hall–Kier alpha value is -0.0800. The van der Waals surface area contributed by atoms with E-state index in [1.165, 1.54) is 38.5 Å². The lowest BCUT2D eigenvalue weighted by atomic mass is 9.84. The summed E-state index contributed by atoms with van der Waals surface area (Å²) in [4.78, 5) is 0. The van der Waals surface area contributed by atoms with Gasteiger partial charge in [0.15, 0.2) is 0 Å². The first-order chi connectivity index (χ1) is 8.59. The lowest BCUT2D eigenvalue weighted by Gasteiger charge is -2.34. The van der Waals surface area contributed by atoms with Crippen LogP contribution in [0.3, 0.4) is 0 Å². The molecule has 0 aromatic rings. The number of nitrogens with one attached hydrogen (secondary N) is 1. The molecule has 2 unspecified atom stereocenters. The Morgan fingerprint density at radius 2 is 1.89 bits per heavy atom. The Labute approximate surface area is 114 Å². The Morgan fingerprint density at radius 3 is 2.56 bits per heavy atom. The van der Waals surface area contributed by atoms with Gasteiger partial charge in [0.1, 0.15) is 0 Å². The van der Waals surface area contributed by atoms with E-state index in [0.29, 0.717) is 6.10 Å². The van der Waals surface area contributed by atoms with Gasteiger partial charge in [0.2, 0.25) is 0 Å². The van der Waals surface area contributed by atoms with Crippen molar-refractivity contribution in [3.8, 4) is 0 Å². The minimum Gasteiger partial charge on any atom is -0.377 e. The third kappa shape index (κ3) is 5.71. The van der Waals surface area contributed by atoms with Crippen molar-refractivity contribution in [1.29, 1.82) is 0 Å². The van der Waals surface area contributed by atoms with Crippen LogP contribution in [-0.4, -0.2) is 25.8 Å². The third-order valence-electron chi connectivity index (χ3n) is 4.08. The predicted molar refractivity (Wildman–Crippen MR) is 78.9 cm³/mol. The largest absolute Gasteiger partial charge is 0.377 e. The summed E-state index contributed by atoms with van der Waals surface area (Å²) in [6, 6.07) is 0. The Morgan fingerprint density at radius 1 is 1.17 bits per heavy atom. The molecule has 0 aliphatic heterocycles. The molecule has 0 heterocycles. The summed E-state index contributed by atoms with van der Waals surface area (Å²) in [6.45, 7) is 12.2. The van der Waals surface area contributed by atoms with Crippen molar-refractivity contribution in [2.24, 2.45) is 11.3 Å². The molecule has 0 amide bonds. The van der Waals surface area contributed by atoms with Gasteiger partial charge in [0.05, 0.1) is 12.7 Å². The number of hydrogen-bond acceptors (Lipinski definition) is 2. The average molecular weight is 255 g/mol. The lowest BCUT2D eigenvalue weighted by Crippen LogP contribution is -2.37. The highest BCUT2D eigenvalue weighted by Gasteiger charge is 2.27. The highest BCUT2D eigenvalue weighted by atomic mass is 16.5. The summed E-state index contributed by atoms with van der Waals surface area (Å²) in [6.07, 6.45) is 8.41. The van der Waals surface area contributed by atoms with E-state index in [2.05, 4.69) is 33.0 Å². The van der Waals surface area contributed by atoms with Crippen molar-refractivity contribution in [1.82, 2.24) is 5.32 Å². The minimum absolute atomic E-state index is 0.255. The van der Waals surface area contributed by atoms with E-state index in [-0.39, 0.29) is 5.41 Å². The summed E-state index contributed by atoms with van der Waals surface area (Å²) in [5.74, 6) is 0.804. The van der Waals surface area contributed by atoms with Gasteiger partial charge >= 0.3 is 0 Å². The van der Waals surface area contributed by atoms with Gasteiger partial charge in [-0.15, -0.1) is 0 Å². The maximum absolute atomic E-state index is 6.24. The smallest absolute Gasteiger partial charge is 0.0603 e. The Bertz CT molecular complexity index is 215. The molecule has 0 radical (unpaired) electrons. The second-order valence-electron chi connectivity index (χ2n) is 6.64. The fourth-order valence-electron chi connectivity index (χ4n) is 2.85. The molecular formula is C16H33NO. The Kier molecular flexibility index (Phi) is 7.25. The molecule has 2 nitrogen and oxygen atoms in total. The van der Waals surface area contributed by atoms with Crippen LogP contribution >= 0.6 is 0 Å². The Balaban J connectivity index is 2.28. The molecule has 108 valence electrons. The molecule has 2 heteroatoms. The zero-order valence-electron chi connectivity index (χ0n) is 12.9. The van der Waals surface area contributed by atoms with Gasteiger partial charge in [-0.1, -0.05) is 47.0 Å². The first-order valence-electron chi connectivity index (χ1n) is 7.91. The number of ether oxygens (including phenoxy) is 1.